The largest absolute Gasteiger partial charge is 0.309 e. The predicted octanol–water partition coefficient (Wildman–Crippen LogP) is 2.73. The zero-order chi connectivity index (χ0) is 12.6. The second-order valence-corrected chi connectivity index (χ2v) is 8.10. The van der Waals surface area contributed by atoms with E-state index in [-0.39, 0.29) is 0 Å². The van der Waals surface area contributed by atoms with E-state index in [2.05, 4.69) is 35.8 Å². The van der Waals surface area contributed by atoms with E-state index < -0.39 is 0 Å². The van der Waals surface area contributed by atoms with Crippen molar-refractivity contribution in [2.45, 2.75) is 62.8 Å². The quantitative estimate of drug-likeness (QED) is 0.844. The molecule has 0 bridgehead atoms. The van der Waals surface area contributed by atoms with Gasteiger partial charge in [0.25, 0.3) is 0 Å². The first-order valence-electron chi connectivity index (χ1n) is 7.83. The van der Waals surface area contributed by atoms with Crippen LogP contribution in [0.5, 0.6) is 0 Å². The summed E-state index contributed by atoms with van der Waals surface area (Å²) in [5, 5.41) is 4.72. The molecule has 1 saturated heterocycles. The fourth-order valence-corrected chi connectivity index (χ4v) is 5.34. The van der Waals surface area contributed by atoms with Crippen LogP contribution in [0.1, 0.15) is 46.0 Å². The van der Waals surface area contributed by atoms with Crippen molar-refractivity contribution in [2.24, 2.45) is 5.92 Å². The molecule has 1 heterocycles. The van der Waals surface area contributed by atoms with Crippen LogP contribution in [0.3, 0.4) is 0 Å². The highest BCUT2D eigenvalue weighted by molar-refractivity contribution is 7.99. The van der Waals surface area contributed by atoms with E-state index in [4.69, 9.17) is 0 Å². The monoisotopic (exact) mass is 268 g/mol. The van der Waals surface area contributed by atoms with Crippen LogP contribution in [-0.2, 0) is 0 Å². The summed E-state index contributed by atoms with van der Waals surface area (Å²) in [6.07, 6.45) is 7.25. The standard InChI is InChI=1S/C15H28N2S/c1-3-18-14-6-4-5-13(14)17-10-9-16-15(2,11-17)12-7-8-12/h12-14,16H,3-11H2,1-2H3. The van der Waals surface area contributed by atoms with Crippen molar-refractivity contribution < 1.29 is 0 Å². The smallest absolute Gasteiger partial charge is 0.0309 e. The van der Waals surface area contributed by atoms with E-state index in [0.717, 1.165) is 17.2 Å². The van der Waals surface area contributed by atoms with Crippen molar-refractivity contribution in [2.75, 3.05) is 25.4 Å². The van der Waals surface area contributed by atoms with Gasteiger partial charge in [0.05, 0.1) is 0 Å². The Morgan fingerprint density at radius 1 is 1.28 bits per heavy atom. The molecule has 0 aromatic carbocycles. The number of nitrogens with zero attached hydrogens (tertiary/aromatic N) is 1. The van der Waals surface area contributed by atoms with Gasteiger partial charge in [-0.2, -0.15) is 11.8 Å². The molecule has 1 aliphatic heterocycles. The summed E-state index contributed by atoms with van der Waals surface area (Å²) in [5.74, 6) is 2.24. The number of piperazine rings is 1. The molecule has 18 heavy (non-hydrogen) atoms. The summed E-state index contributed by atoms with van der Waals surface area (Å²) in [6.45, 7) is 8.55. The van der Waals surface area contributed by atoms with Gasteiger partial charge in [0.1, 0.15) is 0 Å². The van der Waals surface area contributed by atoms with Gasteiger partial charge in [0, 0.05) is 36.5 Å². The molecule has 2 nitrogen and oxygen atoms in total. The Bertz CT molecular complexity index is 292. The Morgan fingerprint density at radius 3 is 2.83 bits per heavy atom. The Hall–Kier alpha value is 0.270. The van der Waals surface area contributed by atoms with E-state index >= 15 is 0 Å². The lowest BCUT2D eigenvalue weighted by atomic mass is 9.92. The first-order chi connectivity index (χ1) is 8.73. The van der Waals surface area contributed by atoms with Crippen molar-refractivity contribution in [1.29, 1.82) is 0 Å². The summed E-state index contributed by atoms with van der Waals surface area (Å²) < 4.78 is 0. The van der Waals surface area contributed by atoms with E-state index in [1.54, 1.807) is 0 Å². The van der Waals surface area contributed by atoms with E-state index in [1.165, 1.54) is 57.5 Å². The van der Waals surface area contributed by atoms with Crippen LogP contribution in [-0.4, -0.2) is 47.1 Å². The zero-order valence-corrected chi connectivity index (χ0v) is 12.8. The first kappa shape index (κ1) is 13.3. The van der Waals surface area contributed by atoms with Gasteiger partial charge in [-0.15, -0.1) is 0 Å². The molecular formula is C15H28N2S. The molecule has 1 N–H and O–H groups in total. The molecule has 3 fully saturated rings. The van der Waals surface area contributed by atoms with Gasteiger partial charge in [-0.1, -0.05) is 13.3 Å². The lowest BCUT2D eigenvalue weighted by Crippen LogP contribution is -2.62. The number of hydrogen-bond donors (Lipinski definition) is 1. The lowest BCUT2D eigenvalue weighted by Gasteiger charge is -2.45. The van der Waals surface area contributed by atoms with Crippen LogP contribution >= 0.6 is 11.8 Å². The highest BCUT2D eigenvalue weighted by Gasteiger charge is 2.46. The summed E-state index contributed by atoms with van der Waals surface area (Å²) >= 11 is 2.20. The molecule has 0 aromatic heterocycles. The molecule has 3 unspecified atom stereocenters. The van der Waals surface area contributed by atoms with Crippen molar-refractivity contribution in [3.8, 4) is 0 Å². The molecule has 0 aromatic rings. The Kier molecular flexibility index (Phi) is 3.93. The van der Waals surface area contributed by atoms with Crippen LogP contribution in [0.2, 0.25) is 0 Å². The van der Waals surface area contributed by atoms with Gasteiger partial charge in [-0.05, 0) is 44.3 Å². The SMILES string of the molecule is CCSC1CCCC1N1CCNC(C)(C2CC2)C1. The summed E-state index contributed by atoms with van der Waals surface area (Å²) in [7, 11) is 0. The molecule has 3 atom stereocenters. The third-order valence-corrected chi connectivity index (χ3v) is 6.52. The van der Waals surface area contributed by atoms with Gasteiger partial charge in [-0.3, -0.25) is 4.90 Å². The third-order valence-electron chi connectivity index (χ3n) is 5.21. The van der Waals surface area contributed by atoms with Crippen molar-refractivity contribution in [3.05, 3.63) is 0 Å². The van der Waals surface area contributed by atoms with Gasteiger partial charge < -0.3 is 5.32 Å². The van der Waals surface area contributed by atoms with E-state index in [0.29, 0.717) is 5.54 Å². The Labute approximate surface area is 116 Å². The predicted molar refractivity (Wildman–Crippen MR) is 80.3 cm³/mol. The second kappa shape index (κ2) is 5.34. The summed E-state index contributed by atoms with van der Waals surface area (Å²) in [6, 6.07) is 0.870. The van der Waals surface area contributed by atoms with Crippen LogP contribution in [0.25, 0.3) is 0 Å². The van der Waals surface area contributed by atoms with Crippen LogP contribution in [0, 0.1) is 5.92 Å². The highest BCUT2D eigenvalue weighted by atomic mass is 32.2. The average Bonchev–Trinajstić information content (AvgIpc) is 3.12. The van der Waals surface area contributed by atoms with E-state index in [9.17, 15) is 0 Å². The normalized spacial score (nSPS) is 42.3. The van der Waals surface area contributed by atoms with Crippen molar-refractivity contribution >= 4 is 11.8 Å². The molecule has 0 radical (unpaired) electrons. The molecule has 2 saturated carbocycles. The topological polar surface area (TPSA) is 15.3 Å². The third kappa shape index (κ3) is 2.59. The maximum atomic E-state index is 3.81. The Morgan fingerprint density at radius 2 is 2.11 bits per heavy atom. The van der Waals surface area contributed by atoms with Gasteiger partial charge in [-0.25, -0.2) is 0 Å². The molecule has 2 aliphatic carbocycles. The summed E-state index contributed by atoms with van der Waals surface area (Å²) in [5.41, 5.74) is 0.419. The molecule has 3 heteroatoms. The minimum absolute atomic E-state index is 0.419. The summed E-state index contributed by atoms with van der Waals surface area (Å²) in [4.78, 5) is 2.83. The fourth-order valence-electron chi connectivity index (χ4n) is 4.05. The number of nitrogens with one attached hydrogen (secondary N) is 1. The van der Waals surface area contributed by atoms with Gasteiger partial charge >= 0.3 is 0 Å². The number of thioether (sulfide) groups is 1. The number of rotatable bonds is 4. The van der Waals surface area contributed by atoms with Crippen molar-refractivity contribution in [1.82, 2.24) is 10.2 Å². The van der Waals surface area contributed by atoms with E-state index in [1.807, 2.05) is 0 Å². The highest BCUT2D eigenvalue weighted by Crippen LogP contribution is 2.42. The first-order valence-corrected chi connectivity index (χ1v) is 8.88. The maximum absolute atomic E-state index is 3.81. The van der Waals surface area contributed by atoms with Crippen LogP contribution in [0.15, 0.2) is 0 Å². The molecule has 0 spiro atoms. The minimum atomic E-state index is 0.419. The minimum Gasteiger partial charge on any atom is -0.309 e. The molecule has 3 aliphatic rings. The second-order valence-electron chi connectivity index (χ2n) is 6.58. The molecule has 0 amide bonds. The Balaban J connectivity index is 1.64. The molecular weight excluding hydrogens is 240 g/mol. The van der Waals surface area contributed by atoms with Crippen LogP contribution < -0.4 is 5.32 Å². The van der Waals surface area contributed by atoms with Gasteiger partial charge in [0.2, 0.25) is 0 Å². The molecule has 104 valence electrons. The number of hydrogen-bond acceptors (Lipinski definition) is 3. The van der Waals surface area contributed by atoms with Gasteiger partial charge in [0.15, 0.2) is 0 Å². The molecule has 3 rings (SSSR count). The lowest BCUT2D eigenvalue weighted by molar-refractivity contribution is 0.0920. The average molecular weight is 268 g/mol. The zero-order valence-electron chi connectivity index (χ0n) is 12.0. The van der Waals surface area contributed by atoms with Crippen molar-refractivity contribution in [3.63, 3.8) is 0 Å². The maximum Gasteiger partial charge on any atom is 0.0309 e. The van der Waals surface area contributed by atoms with Crippen LogP contribution in [0.4, 0.5) is 0 Å². The fraction of sp³-hybridized carbons (Fsp3) is 1.00.